The molecule has 0 aromatic rings. The zero-order chi connectivity index (χ0) is 4.28. The Labute approximate surface area is 37.4 Å². The molecule has 0 rings (SSSR count). The average molecular weight is 91.1 g/mol. The largest absolute Gasteiger partial charge is 0.407 e. The first-order valence-corrected chi connectivity index (χ1v) is 1.09. The first-order valence-electron chi connectivity index (χ1n) is 1.09. The smallest absolute Gasteiger partial charge is 0.198 e. The van der Waals surface area contributed by atoms with E-state index in [1.54, 1.807) is 0 Å². The van der Waals surface area contributed by atoms with Gasteiger partial charge < -0.3 is 4.84 Å². The lowest BCUT2D eigenvalue weighted by atomic mass is 11.7. The Bertz CT molecular complexity index is 44.1. The Kier molecular flexibility index (Phi) is 6.40. The average Bonchev–Trinajstić information content (AvgIpc) is 1.38. The highest BCUT2D eigenvalue weighted by Crippen LogP contribution is 1.55. The van der Waals surface area contributed by atoms with Crippen molar-refractivity contribution in [2.75, 3.05) is 7.11 Å². The minimum atomic E-state index is 0. The van der Waals surface area contributed by atoms with Crippen LogP contribution in [0.2, 0.25) is 0 Å². The van der Waals surface area contributed by atoms with Crippen molar-refractivity contribution in [3.05, 3.63) is 5.21 Å². The van der Waals surface area contributed by atoms with Gasteiger partial charge >= 0.3 is 0 Å². The normalized spacial score (nSPS) is 5.50. The van der Waals surface area contributed by atoms with Gasteiger partial charge in [-0.2, -0.15) is 0 Å². The Morgan fingerprint density at radius 1 is 1.83 bits per heavy atom. The zero-order valence-corrected chi connectivity index (χ0v) is 2.97. The van der Waals surface area contributed by atoms with E-state index in [2.05, 4.69) is 11.6 Å². The first-order chi connectivity index (χ1) is 2.27. The summed E-state index contributed by atoms with van der Waals surface area (Å²) < 4.78 is 0. The van der Waals surface area contributed by atoms with Crippen molar-refractivity contribution in [2.24, 2.45) is 0 Å². The molecule has 0 saturated carbocycles. The molecule has 0 spiro atoms. The van der Waals surface area contributed by atoms with Crippen molar-refractivity contribution in [3.63, 3.8) is 0 Å². The number of hydrogen-bond acceptors (Lipinski definition) is 2. The van der Waals surface area contributed by atoms with Gasteiger partial charge in [-0.15, -0.1) is 0 Å². The van der Waals surface area contributed by atoms with E-state index >= 15 is 0 Å². The van der Waals surface area contributed by atoms with Gasteiger partial charge in [-0.05, 0) is 0 Å². The molecule has 0 unspecified atom stereocenters. The maximum atomic E-state index is 9.40. The van der Waals surface area contributed by atoms with Crippen molar-refractivity contribution in [3.8, 4) is 0 Å². The van der Waals surface area contributed by atoms with Gasteiger partial charge in [0, 0.05) is 12.0 Å². The minimum absolute atomic E-state index is 0. The monoisotopic (exact) mass is 91.1 g/mol. The molecule has 3 nitrogen and oxygen atoms in total. The van der Waals surface area contributed by atoms with Gasteiger partial charge in [0.05, 0.1) is 0 Å². The summed E-state index contributed by atoms with van der Waals surface area (Å²) in [4.78, 5) is 4.04. The molecule has 0 aliphatic carbocycles. The van der Waals surface area contributed by atoms with Crippen LogP contribution in [0.25, 0.3) is 0 Å². The van der Waals surface area contributed by atoms with Gasteiger partial charge in [0.2, 0.25) is 0 Å². The molecule has 0 amide bonds. The summed E-state index contributed by atoms with van der Waals surface area (Å²) in [5.41, 5.74) is 0. The summed E-state index contributed by atoms with van der Waals surface area (Å²) >= 11 is 0. The molecule has 6 heavy (non-hydrogen) atoms. The van der Waals surface area contributed by atoms with E-state index < -0.39 is 0 Å². The van der Waals surface area contributed by atoms with E-state index in [0.29, 0.717) is 0 Å². The van der Waals surface area contributed by atoms with Crippen molar-refractivity contribution in [2.45, 2.75) is 7.43 Å². The molecule has 0 heterocycles. The third kappa shape index (κ3) is 10.4. The van der Waals surface area contributed by atoms with Gasteiger partial charge in [-0.25, -0.2) is 0 Å². The summed E-state index contributed by atoms with van der Waals surface area (Å²) in [6.07, 6.45) is 0. The summed E-state index contributed by atoms with van der Waals surface area (Å²) in [5.74, 6) is 0. The Morgan fingerprint density at radius 3 is 2.00 bits per heavy atom. The van der Waals surface area contributed by atoms with Gasteiger partial charge in [-0.1, -0.05) is 7.43 Å². The van der Waals surface area contributed by atoms with Crippen molar-refractivity contribution < 1.29 is 9.74 Å². The predicted octanol–water partition coefficient (Wildman–Crippen LogP) is 0.395. The van der Waals surface area contributed by atoms with E-state index in [9.17, 15) is 5.21 Å². The third-order valence-corrected chi connectivity index (χ3v) is 0.204. The number of rotatable bonds is 1. The molecule has 0 atom stereocenters. The molecule has 38 valence electrons. The minimum Gasteiger partial charge on any atom is -0.407 e. The molecule has 0 radical (unpaired) electrons. The fourth-order valence-corrected chi connectivity index (χ4v) is 0. The summed E-state index contributed by atoms with van der Waals surface area (Å²) in [6.45, 7) is 2.81. The molecule has 0 aromatic heterocycles. The summed E-state index contributed by atoms with van der Waals surface area (Å²) in [6, 6.07) is 0. The molecular weight excluding hydrogens is 82.0 g/mol. The van der Waals surface area contributed by atoms with E-state index in [-0.39, 0.29) is 12.3 Å². The Balaban J connectivity index is 0. The van der Waals surface area contributed by atoms with Gasteiger partial charge in [0.15, 0.2) is 6.72 Å². The van der Waals surface area contributed by atoms with Gasteiger partial charge in [0.1, 0.15) is 0 Å². The van der Waals surface area contributed by atoms with Crippen molar-refractivity contribution >= 4 is 6.72 Å². The molecule has 0 aromatic carbocycles. The van der Waals surface area contributed by atoms with Crippen LogP contribution in [-0.2, 0) is 4.84 Å². The van der Waals surface area contributed by atoms with Gasteiger partial charge in [0.25, 0.3) is 0 Å². The molecule has 0 aliphatic rings. The lowest BCUT2D eigenvalue weighted by Gasteiger charge is -1.88. The Hall–Kier alpha value is -0.730. The lowest BCUT2D eigenvalue weighted by Crippen LogP contribution is -1.93. The van der Waals surface area contributed by atoms with Crippen molar-refractivity contribution in [1.29, 1.82) is 0 Å². The maximum absolute atomic E-state index is 9.40. The molecule has 3 heteroatoms. The quantitative estimate of drug-likeness (QED) is 0.266. The van der Waals surface area contributed by atoms with Crippen LogP contribution in [0, 0.1) is 5.21 Å². The van der Waals surface area contributed by atoms with E-state index in [1.807, 2.05) is 0 Å². The second kappa shape index (κ2) is 4.27. The highest BCUT2D eigenvalue weighted by molar-refractivity contribution is 5.13. The molecule has 0 saturated heterocycles. The molecule has 0 aliphatic heterocycles. The lowest BCUT2D eigenvalue weighted by molar-refractivity contribution is -0.726. The second-order valence-electron chi connectivity index (χ2n) is 0.515. The zero-order valence-electron chi connectivity index (χ0n) is 2.97. The van der Waals surface area contributed by atoms with E-state index in [1.165, 1.54) is 7.11 Å². The van der Waals surface area contributed by atoms with Crippen LogP contribution in [0.1, 0.15) is 7.43 Å². The fourth-order valence-electron chi connectivity index (χ4n) is 0. The van der Waals surface area contributed by atoms with Crippen LogP contribution in [0.3, 0.4) is 0 Å². The number of nitrogens with zero attached hydrogens (tertiary/aromatic N) is 1. The van der Waals surface area contributed by atoms with Gasteiger partial charge in [-0.3, -0.25) is 5.21 Å². The third-order valence-electron chi connectivity index (χ3n) is 0.204. The topological polar surface area (TPSA) is 35.3 Å². The first kappa shape index (κ1) is 8.99. The Morgan fingerprint density at radius 2 is 2.00 bits per heavy atom. The van der Waals surface area contributed by atoms with Crippen LogP contribution in [-0.4, -0.2) is 18.7 Å². The highest BCUT2D eigenvalue weighted by atomic mass is 16.8. The van der Waals surface area contributed by atoms with Crippen LogP contribution >= 0.6 is 0 Å². The van der Waals surface area contributed by atoms with Crippen LogP contribution in [0.15, 0.2) is 0 Å². The maximum Gasteiger partial charge on any atom is 0.198 e. The predicted molar refractivity (Wildman–Crippen MR) is 24.5 cm³/mol. The molecule has 0 N–H and O–H groups in total. The van der Waals surface area contributed by atoms with E-state index in [4.69, 9.17) is 0 Å². The summed E-state index contributed by atoms with van der Waals surface area (Å²) in [5, 5.41) is 9.40. The summed E-state index contributed by atoms with van der Waals surface area (Å²) in [7, 11) is 1.25. The van der Waals surface area contributed by atoms with Crippen LogP contribution in [0.5, 0.6) is 0 Å². The van der Waals surface area contributed by atoms with Crippen LogP contribution in [0.4, 0.5) is 0 Å². The van der Waals surface area contributed by atoms with E-state index in [0.717, 1.165) is 0 Å². The standard InChI is InChI=1S/C2H5NO2.CH4/c1-3(4)5-2;/h1H2,2H3;1H4. The SMILES string of the molecule is C.C=[N+]([O-])OC. The van der Waals surface area contributed by atoms with Crippen molar-refractivity contribution in [1.82, 2.24) is 0 Å². The molecular formula is C3H9NO2. The number of hydrogen-bond donors (Lipinski definition) is 0. The molecule has 0 bridgehead atoms. The highest BCUT2D eigenvalue weighted by Gasteiger charge is 1.63. The van der Waals surface area contributed by atoms with Crippen LogP contribution < -0.4 is 0 Å². The fraction of sp³-hybridized carbons (Fsp3) is 0.667. The second-order valence-corrected chi connectivity index (χ2v) is 0.515. The molecule has 0 fully saturated rings.